The number of para-hydroxylation sites is 1. The molecule has 49 heavy (non-hydrogen) atoms. The molecule has 0 N–H and O–H groups in total. The van der Waals surface area contributed by atoms with Crippen LogP contribution in [0.4, 0.5) is 0 Å². The van der Waals surface area contributed by atoms with Crippen molar-refractivity contribution in [1.29, 1.82) is 10.5 Å². The summed E-state index contributed by atoms with van der Waals surface area (Å²) in [6.07, 6.45) is 0. The van der Waals surface area contributed by atoms with Gasteiger partial charge in [0, 0.05) is 22.0 Å². The molecule has 9 rings (SSSR count). The minimum atomic E-state index is 0.618. The number of hydrogen-bond acceptors (Lipinski definition) is 2. The minimum Gasteiger partial charge on any atom is -0.309 e. The van der Waals surface area contributed by atoms with Gasteiger partial charge in [0.15, 0.2) is 0 Å². The molecule has 0 aliphatic carbocycles. The molecule has 0 aliphatic rings. The van der Waals surface area contributed by atoms with Crippen molar-refractivity contribution in [1.82, 2.24) is 4.57 Å². The first-order valence-electron chi connectivity index (χ1n) is 16.3. The van der Waals surface area contributed by atoms with Gasteiger partial charge < -0.3 is 4.57 Å². The van der Waals surface area contributed by atoms with Crippen LogP contribution in [0.5, 0.6) is 0 Å². The van der Waals surface area contributed by atoms with Crippen LogP contribution in [0.15, 0.2) is 164 Å². The highest BCUT2D eigenvalue weighted by Gasteiger charge is 2.18. The number of benzene rings is 8. The molecule has 0 saturated heterocycles. The lowest BCUT2D eigenvalue weighted by Crippen LogP contribution is -1.96. The first-order valence-corrected chi connectivity index (χ1v) is 16.3. The van der Waals surface area contributed by atoms with Gasteiger partial charge in [-0.1, -0.05) is 121 Å². The Kier molecular flexibility index (Phi) is 6.58. The molecule has 0 atom stereocenters. The molecule has 0 unspecified atom stereocenters. The summed E-state index contributed by atoms with van der Waals surface area (Å²) in [6, 6.07) is 61.4. The molecule has 1 aromatic heterocycles. The van der Waals surface area contributed by atoms with Gasteiger partial charge in [0.1, 0.15) is 0 Å². The maximum absolute atomic E-state index is 10.2. The van der Waals surface area contributed by atoms with Gasteiger partial charge in [-0.15, -0.1) is 0 Å². The van der Waals surface area contributed by atoms with Gasteiger partial charge in [-0.25, -0.2) is 0 Å². The maximum Gasteiger partial charge on any atom is 0.0998 e. The van der Waals surface area contributed by atoms with E-state index in [0.717, 1.165) is 44.2 Å². The van der Waals surface area contributed by atoms with Crippen LogP contribution in [-0.2, 0) is 0 Å². The van der Waals surface area contributed by atoms with Gasteiger partial charge in [-0.05, 0) is 91.8 Å². The van der Waals surface area contributed by atoms with E-state index in [9.17, 15) is 10.5 Å². The second-order valence-corrected chi connectivity index (χ2v) is 12.3. The lowest BCUT2D eigenvalue weighted by molar-refractivity contribution is 1.18. The maximum atomic E-state index is 10.2. The predicted molar refractivity (Wildman–Crippen MR) is 202 cm³/mol. The van der Waals surface area contributed by atoms with Crippen molar-refractivity contribution in [2.24, 2.45) is 0 Å². The number of rotatable bonds is 4. The van der Waals surface area contributed by atoms with E-state index in [1.165, 1.54) is 38.2 Å². The Labute approximate surface area is 283 Å². The molecule has 0 fully saturated rings. The van der Waals surface area contributed by atoms with E-state index in [1.54, 1.807) is 0 Å². The molecule has 1 heterocycles. The van der Waals surface area contributed by atoms with Gasteiger partial charge >= 0.3 is 0 Å². The molecule has 226 valence electrons. The third-order valence-corrected chi connectivity index (χ3v) is 9.66. The first-order chi connectivity index (χ1) is 24.2. The van der Waals surface area contributed by atoms with Gasteiger partial charge in [-0.2, -0.15) is 10.5 Å². The fourth-order valence-corrected chi connectivity index (χ4v) is 7.50. The minimum absolute atomic E-state index is 0.618. The Morgan fingerprint density at radius 2 is 0.918 bits per heavy atom. The molecule has 0 amide bonds. The number of nitriles is 2. The molecular weight excluding hydrogens is 595 g/mol. The summed E-state index contributed by atoms with van der Waals surface area (Å²) < 4.78 is 2.22. The summed E-state index contributed by atoms with van der Waals surface area (Å²) in [6.45, 7) is 0. The summed E-state index contributed by atoms with van der Waals surface area (Å²) >= 11 is 0. The first kappa shape index (κ1) is 28.3. The zero-order chi connectivity index (χ0) is 32.9. The normalized spacial score (nSPS) is 11.2. The fourth-order valence-electron chi connectivity index (χ4n) is 7.50. The molecule has 0 saturated carbocycles. The molecule has 0 spiro atoms. The summed E-state index contributed by atoms with van der Waals surface area (Å²) in [5.41, 5.74) is 10.9. The number of aromatic nitrogens is 1. The lowest BCUT2D eigenvalue weighted by atomic mass is 9.85. The number of fused-ring (bicyclic) bond motifs is 5. The highest BCUT2D eigenvalue weighted by atomic mass is 15.0. The van der Waals surface area contributed by atoms with Crippen molar-refractivity contribution >= 4 is 43.4 Å². The predicted octanol–water partition coefficient (Wildman–Crippen LogP) is 11.8. The average molecular weight is 622 g/mol. The highest BCUT2D eigenvalue weighted by Crippen LogP contribution is 2.44. The summed E-state index contributed by atoms with van der Waals surface area (Å²) in [7, 11) is 0. The van der Waals surface area contributed by atoms with Crippen molar-refractivity contribution < 1.29 is 0 Å². The summed E-state index contributed by atoms with van der Waals surface area (Å²) in [4.78, 5) is 0. The quantitative estimate of drug-likeness (QED) is 0.184. The molecule has 3 heteroatoms. The molecule has 0 radical (unpaired) electrons. The van der Waals surface area contributed by atoms with Gasteiger partial charge in [0.25, 0.3) is 0 Å². The van der Waals surface area contributed by atoms with E-state index in [2.05, 4.69) is 138 Å². The van der Waals surface area contributed by atoms with E-state index in [-0.39, 0.29) is 0 Å². The van der Waals surface area contributed by atoms with Crippen LogP contribution >= 0.6 is 0 Å². The topological polar surface area (TPSA) is 52.5 Å². The van der Waals surface area contributed by atoms with Crippen molar-refractivity contribution in [2.75, 3.05) is 0 Å². The zero-order valence-electron chi connectivity index (χ0n) is 26.4. The van der Waals surface area contributed by atoms with Crippen LogP contribution in [0.2, 0.25) is 0 Å². The van der Waals surface area contributed by atoms with Crippen LogP contribution in [0.25, 0.3) is 82.4 Å². The van der Waals surface area contributed by atoms with Crippen LogP contribution < -0.4 is 0 Å². The summed E-state index contributed by atoms with van der Waals surface area (Å²) in [5, 5.41) is 26.8. The average Bonchev–Trinajstić information content (AvgIpc) is 3.50. The van der Waals surface area contributed by atoms with Crippen molar-refractivity contribution in [3.05, 3.63) is 175 Å². The van der Waals surface area contributed by atoms with Crippen molar-refractivity contribution in [3.8, 4) is 51.2 Å². The Morgan fingerprint density at radius 1 is 0.388 bits per heavy atom. The largest absolute Gasteiger partial charge is 0.309 e. The van der Waals surface area contributed by atoms with E-state index in [0.29, 0.717) is 11.1 Å². The van der Waals surface area contributed by atoms with Gasteiger partial charge in [0.2, 0.25) is 0 Å². The monoisotopic (exact) mass is 621 g/mol. The lowest BCUT2D eigenvalue weighted by Gasteiger charge is -2.18. The second-order valence-electron chi connectivity index (χ2n) is 12.3. The van der Waals surface area contributed by atoms with Gasteiger partial charge in [-0.3, -0.25) is 0 Å². The molecule has 3 nitrogen and oxygen atoms in total. The van der Waals surface area contributed by atoms with Crippen LogP contribution in [-0.4, -0.2) is 4.57 Å². The Bertz CT molecular complexity index is 2770. The fraction of sp³-hybridized carbons (Fsp3) is 0. The van der Waals surface area contributed by atoms with E-state index < -0.39 is 0 Å². The Balaban J connectivity index is 1.21. The Hall–Kier alpha value is -6.94. The van der Waals surface area contributed by atoms with Crippen molar-refractivity contribution in [2.45, 2.75) is 0 Å². The number of nitrogens with zero attached hydrogens (tertiary/aromatic N) is 3. The van der Waals surface area contributed by atoms with Crippen LogP contribution in [0.3, 0.4) is 0 Å². The van der Waals surface area contributed by atoms with Crippen molar-refractivity contribution in [3.63, 3.8) is 0 Å². The highest BCUT2D eigenvalue weighted by molar-refractivity contribution is 6.21. The molecule has 9 aromatic rings. The van der Waals surface area contributed by atoms with E-state index in [4.69, 9.17) is 0 Å². The Morgan fingerprint density at radius 3 is 1.53 bits per heavy atom. The zero-order valence-corrected chi connectivity index (χ0v) is 26.4. The molecular formula is C46H27N3. The van der Waals surface area contributed by atoms with Crippen LogP contribution in [0.1, 0.15) is 11.1 Å². The molecule has 0 aliphatic heterocycles. The van der Waals surface area contributed by atoms with Crippen LogP contribution in [0, 0.1) is 22.7 Å². The second kappa shape index (κ2) is 11.4. The van der Waals surface area contributed by atoms with E-state index >= 15 is 0 Å². The standard InChI is InChI=1S/C46H27N3/c47-28-30-18-25-44-42(26-30)36-12-8-9-17-43(36)49(44)35-24-23-34(29-48)41(27-35)31-19-21-33(22-20-31)46-39-15-6-4-13-37(39)45(32-10-2-1-3-11-32)38-14-5-7-16-40(38)46/h1-27H. The molecule has 0 bridgehead atoms. The third kappa shape index (κ3) is 4.49. The third-order valence-electron chi connectivity index (χ3n) is 9.66. The SMILES string of the molecule is N#Cc1ccc2c(c1)c1ccccc1n2-c1ccc(C#N)c(-c2ccc(-c3c4ccccc4c(-c4ccccc4)c4ccccc34)cc2)c1. The smallest absolute Gasteiger partial charge is 0.0998 e. The van der Waals surface area contributed by atoms with E-state index in [1.807, 2.05) is 42.5 Å². The summed E-state index contributed by atoms with van der Waals surface area (Å²) in [5.74, 6) is 0. The number of hydrogen-bond donors (Lipinski definition) is 0. The van der Waals surface area contributed by atoms with Gasteiger partial charge in [0.05, 0.1) is 34.3 Å². The molecule has 8 aromatic carbocycles.